The molecule has 0 spiro atoms. The Hall–Kier alpha value is -3.67. The minimum absolute atomic E-state index is 0.0489. The Bertz CT molecular complexity index is 1330. The molecule has 0 atom stereocenters. The Morgan fingerprint density at radius 1 is 1.12 bits per heavy atom. The van der Waals surface area contributed by atoms with Crippen LogP contribution in [0.3, 0.4) is 0 Å². The highest BCUT2D eigenvalue weighted by atomic mass is 32.1. The number of hydrogen-bond acceptors (Lipinski definition) is 6. The summed E-state index contributed by atoms with van der Waals surface area (Å²) in [5.74, 6) is 0.324. The molecule has 32 heavy (non-hydrogen) atoms. The number of nitriles is 1. The quantitative estimate of drug-likeness (QED) is 0.602. The standard InChI is InChI=1S/C24H21N3O4S/c1-30-19-9-7-17(8-10-19)15-21-23(29)27(18-5-3-2-4-6-18)24(32-21)20(16-25)22(28)26-11-13-31-14-12-26/h2-10,15H,11-14H2,1H3. The second-order valence-corrected chi connectivity index (χ2v) is 8.09. The molecule has 1 aromatic heterocycles. The van der Waals surface area contributed by atoms with Crippen molar-refractivity contribution in [2.45, 2.75) is 0 Å². The van der Waals surface area contributed by atoms with Crippen LogP contribution in [0.2, 0.25) is 0 Å². The lowest BCUT2D eigenvalue weighted by molar-refractivity contribution is -0.128. The molecule has 3 aromatic rings. The van der Waals surface area contributed by atoms with Gasteiger partial charge in [-0.1, -0.05) is 30.3 Å². The van der Waals surface area contributed by atoms with Gasteiger partial charge in [0.15, 0.2) is 5.57 Å². The fraction of sp³-hybridized carbons (Fsp3) is 0.208. The number of carbonyl (C=O) groups excluding carboxylic acids is 1. The van der Waals surface area contributed by atoms with E-state index in [9.17, 15) is 14.9 Å². The van der Waals surface area contributed by atoms with Crippen LogP contribution < -0.4 is 19.5 Å². The van der Waals surface area contributed by atoms with E-state index >= 15 is 0 Å². The Kier molecular flexibility index (Phi) is 6.50. The van der Waals surface area contributed by atoms with Crippen LogP contribution in [0, 0.1) is 11.3 Å². The van der Waals surface area contributed by atoms with Crippen molar-refractivity contribution in [2.24, 2.45) is 0 Å². The molecule has 8 heteroatoms. The number of carbonyl (C=O) groups is 1. The topological polar surface area (TPSA) is 84.6 Å². The van der Waals surface area contributed by atoms with Crippen molar-refractivity contribution >= 4 is 28.9 Å². The van der Waals surface area contributed by atoms with Gasteiger partial charge in [-0.3, -0.25) is 14.2 Å². The van der Waals surface area contributed by atoms with Crippen LogP contribution in [0.1, 0.15) is 5.56 Å². The first kappa shape index (κ1) is 21.6. The molecule has 1 saturated heterocycles. The molecule has 0 radical (unpaired) electrons. The van der Waals surface area contributed by atoms with Gasteiger partial charge in [0.2, 0.25) is 0 Å². The van der Waals surface area contributed by atoms with Crippen molar-refractivity contribution < 1.29 is 14.3 Å². The number of benzene rings is 2. The second kappa shape index (κ2) is 9.64. The summed E-state index contributed by atoms with van der Waals surface area (Å²) in [7, 11) is 1.59. The van der Waals surface area contributed by atoms with E-state index < -0.39 is 5.91 Å². The molecule has 0 saturated carbocycles. The Morgan fingerprint density at radius 2 is 1.81 bits per heavy atom. The van der Waals surface area contributed by atoms with Gasteiger partial charge in [0.1, 0.15) is 16.5 Å². The summed E-state index contributed by atoms with van der Waals surface area (Å²) in [5.41, 5.74) is 1.08. The molecule has 0 bridgehead atoms. The fourth-order valence-corrected chi connectivity index (χ4v) is 4.52. The van der Waals surface area contributed by atoms with Crippen molar-refractivity contribution in [3.8, 4) is 17.5 Å². The van der Waals surface area contributed by atoms with Gasteiger partial charge in [0, 0.05) is 13.1 Å². The molecule has 7 nitrogen and oxygen atoms in total. The first-order chi connectivity index (χ1) is 15.6. The minimum atomic E-state index is -0.391. The molecular formula is C24H21N3O4S. The predicted molar refractivity (Wildman–Crippen MR) is 122 cm³/mol. The van der Waals surface area contributed by atoms with Crippen LogP contribution in [0.25, 0.3) is 17.3 Å². The van der Waals surface area contributed by atoms with E-state index in [0.717, 1.165) is 16.9 Å². The van der Waals surface area contributed by atoms with Gasteiger partial charge in [-0.2, -0.15) is 5.26 Å². The Morgan fingerprint density at radius 3 is 2.44 bits per heavy atom. The molecule has 162 valence electrons. The van der Waals surface area contributed by atoms with Gasteiger partial charge in [0.25, 0.3) is 11.5 Å². The normalized spacial score (nSPS) is 15.2. The zero-order chi connectivity index (χ0) is 22.5. The van der Waals surface area contributed by atoms with E-state index in [0.29, 0.717) is 46.9 Å². The fourth-order valence-electron chi connectivity index (χ4n) is 3.42. The molecule has 0 N–H and O–H groups in total. The van der Waals surface area contributed by atoms with E-state index in [2.05, 4.69) is 0 Å². The summed E-state index contributed by atoms with van der Waals surface area (Å²) >= 11 is 1.14. The summed E-state index contributed by atoms with van der Waals surface area (Å²) in [4.78, 5) is 28.1. The highest BCUT2D eigenvalue weighted by Gasteiger charge is 2.23. The van der Waals surface area contributed by atoms with Gasteiger partial charge in [-0.25, -0.2) is 0 Å². The zero-order valence-corrected chi connectivity index (χ0v) is 18.3. The summed E-state index contributed by atoms with van der Waals surface area (Å²) in [6.07, 6.45) is 1.75. The lowest BCUT2D eigenvalue weighted by Gasteiger charge is -2.26. The van der Waals surface area contributed by atoms with Gasteiger partial charge < -0.3 is 14.4 Å². The number of aromatic nitrogens is 1. The lowest BCUT2D eigenvalue weighted by atomic mass is 10.2. The van der Waals surface area contributed by atoms with Crippen LogP contribution in [0.4, 0.5) is 0 Å². The molecule has 2 aromatic carbocycles. The molecule has 1 amide bonds. The molecule has 4 rings (SSSR count). The summed E-state index contributed by atoms with van der Waals surface area (Å²) in [6.45, 7) is 1.68. The number of methoxy groups -OCH3 is 1. The van der Waals surface area contributed by atoms with E-state index in [4.69, 9.17) is 9.47 Å². The maximum atomic E-state index is 13.4. The maximum absolute atomic E-state index is 13.4. The van der Waals surface area contributed by atoms with Crippen LogP contribution in [-0.4, -0.2) is 48.8 Å². The first-order valence-corrected chi connectivity index (χ1v) is 10.9. The van der Waals surface area contributed by atoms with E-state index in [1.807, 2.05) is 48.5 Å². The number of thiazole rings is 1. The van der Waals surface area contributed by atoms with Gasteiger partial charge in [0.05, 0.1) is 30.5 Å². The average Bonchev–Trinajstić information content (AvgIpc) is 3.16. The van der Waals surface area contributed by atoms with Crippen molar-refractivity contribution in [1.29, 1.82) is 5.26 Å². The summed E-state index contributed by atoms with van der Waals surface area (Å²) < 4.78 is 12.7. The number of hydrogen-bond donors (Lipinski definition) is 0. The molecule has 0 unspecified atom stereocenters. The highest BCUT2D eigenvalue weighted by Crippen LogP contribution is 2.12. The monoisotopic (exact) mass is 447 g/mol. The Labute approximate surface area is 188 Å². The van der Waals surface area contributed by atoms with Crippen LogP contribution >= 0.6 is 11.3 Å². The predicted octanol–water partition coefficient (Wildman–Crippen LogP) is 1.27. The molecule has 1 aliphatic rings. The maximum Gasteiger partial charge on any atom is 0.273 e. The molecule has 1 fully saturated rings. The van der Waals surface area contributed by atoms with E-state index in [1.54, 1.807) is 30.2 Å². The third-order valence-corrected chi connectivity index (χ3v) is 6.18. The number of rotatable bonds is 4. The number of para-hydroxylation sites is 1. The summed E-state index contributed by atoms with van der Waals surface area (Å²) in [5, 5.41) is 9.90. The third-order valence-electron chi connectivity index (χ3n) is 5.09. The first-order valence-electron chi connectivity index (χ1n) is 10.1. The van der Waals surface area contributed by atoms with Gasteiger partial charge in [-0.15, -0.1) is 11.3 Å². The SMILES string of the molecule is COc1ccc(C=c2sc(=C(C#N)C(=O)N3CCOCC3)n(-c3ccccc3)c2=O)cc1. The molecule has 1 aliphatic heterocycles. The molecular weight excluding hydrogens is 426 g/mol. The lowest BCUT2D eigenvalue weighted by Crippen LogP contribution is -2.42. The van der Waals surface area contributed by atoms with E-state index in [-0.39, 0.29) is 11.1 Å². The van der Waals surface area contributed by atoms with Crippen molar-refractivity contribution in [2.75, 3.05) is 33.4 Å². The number of ether oxygens (including phenoxy) is 2. The van der Waals surface area contributed by atoms with Gasteiger partial charge in [-0.05, 0) is 35.9 Å². The second-order valence-electron chi connectivity index (χ2n) is 7.06. The largest absolute Gasteiger partial charge is 0.497 e. The van der Waals surface area contributed by atoms with Crippen LogP contribution in [0.5, 0.6) is 5.75 Å². The number of amides is 1. The third kappa shape index (κ3) is 4.35. The number of morpholine rings is 1. The Balaban J connectivity index is 1.94. The average molecular weight is 448 g/mol. The highest BCUT2D eigenvalue weighted by molar-refractivity contribution is 7.07. The van der Waals surface area contributed by atoms with Crippen molar-refractivity contribution in [3.05, 3.63) is 79.7 Å². The zero-order valence-electron chi connectivity index (χ0n) is 17.5. The minimum Gasteiger partial charge on any atom is -0.497 e. The van der Waals surface area contributed by atoms with E-state index in [1.165, 1.54) is 4.57 Å². The smallest absolute Gasteiger partial charge is 0.273 e. The number of nitrogens with zero attached hydrogens (tertiary/aromatic N) is 3. The summed E-state index contributed by atoms with van der Waals surface area (Å²) in [6, 6.07) is 18.4. The van der Waals surface area contributed by atoms with Crippen LogP contribution in [-0.2, 0) is 9.53 Å². The molecule has 0 aliphatic carbocycles. The van der Waals surface area contributed by atoms with Gasteiger partial charge >= 0.3 is 0 Å². The van der Waals surface area contributed by atoms with Crippen molar-refractivity contribution in [1.82, 2.24) is 9.47 Å². The van der Waals surface area contributed by atoms with Crippen molar-refractivity contribution in [3.63, 3.8) is 0 Å². The van der Waals surface area contributed by atoms with Crippen LogP contribution in [0.15, 0.2) is 59.4 Å². The molecule has 2 heterocycles.